The fourth-order valence-corrected chi connectivity index (χ4v) is 4.82. The Morgan fingerprint density at radius 3 is 2.42 bits per heavy atom. The van der Waals surface area contributed by atoms with Gasteiger partial charge in [0.05, 0.1) is 16.0 Å². The van der Waals surface area contributed by atoms with Crippen LogP contribution >= 0.6 is 11.3 Å². The smallest absolute Gasteiger partial charge is 0.340 e. The highest BCUT2D eigenvalue weighted by Gasteiger charge is 2.22. The molecule has 1 saturated heterocycles. The van der Waals surface area contributed by atoms with Crippen molar-refractivity contribution in [2.45, 2.75) is 25.9 Å². The summed E-state index contributed by atoms with van der Waals surface area (Å²) >= 11 is 1.46. The number of aromatic nitrogens is 5. The lowest BCUT2D eigenvalue weighted by Gasteiger charge is -2.25. The lowest BCUT2D eigenvalue weighted by atomic mass is 10.1. The number of pyridine rings is 1. The molecule has 3 aromatic heterocycles. The summed E-state index contributed by atoms with van der Waals surface area (Å²) in [5, 5.41) is 0.870. The first kappa shape index (κ1) is 21.0. The number of carbonyl (C=O) groups is 1. The maximum absolute atomic E-state index is 13.2. The molecule has 0 aliphatic carbocycles. The Kier molecular flexibility index (Phi) is 5.69. The van der Waals surface area contributed by atoms with Crippen LogP contribution in [0.25, 0.3) is 21.6 Å². The van der Waals surface area contributed by atoms with Gasteiger partial charge in [-0.25, -0.2) is 9.78 Å². The van der Waals surface area contributed by atoms with E-state index in [1.165, 1.54) is 17.8 Å². The van der Waals surface area contributed by atoms with Crippen LogP contribution in [0.1, 0.15) is 35.4 Å². The molecule has 0 unspecified atom stereocenters. The third-order valence-electron chi connectivity index (χ3n) is 5.31. The van der Waals surface area contributed by atoms with Crippen molar-refractivity contribution in [1.29, 1.82) is 0 Å². The molecule has 4 heterocycles. The monoisotopic (exact) mass is 462 g/mol. The summed E-state index contributed by atoms with van der Waals surface area (Å²) in [5.41, 5.74) is 13.7. The molecular formula is C22H22N8O2S. The van der Waals surface area contributed by atoms with Crippen molar-refractivity contribution in [1.82, 2.24) is 24.9 Å². The normalized spacial score (nSPS) is 13.9. The second-order valence-corrected chi connectivity index (χ2v) is 8.64. The molecule has 0 saturated carbocycles. The van der Waals surface area contributed by atoms with Crippen molar-refractivity contribution in [3.63, 3.8) is 0 Å². The highest BCUT2D eigenvalue weighted by Crippen LogP contribution is 2.34. The van der Waals surface area contributed by atoms with Crippen LogP contribution in [0.2, 0.25) is 0 Å². The summed E-state index contributed by atoms with van der Waals surface area (Å²) in [6, 6.07) is 11.4. The quantitative estimate of drug-likeness (QED) is 0.424. The number of fused-ring (bicyclic) bond motifs is 1. The number of rotatable bonds is 5. The number of hydrogen-bond acceptors (Lipinski definition) is 11. The Hall–Kier alpha value is -3.86. The average molecular weight is 463 g/mol. The first-order valence-corrected chi connectivity index (χ1v) is 11.4. The van der Waals surface area contributed by atoms with Crippen LogP contribution < -0.4 is 16.4 Å². The highest BCUT2D eigenvalue weighted by molar-refractivity contribution is 7.22. The molecule has 0 amide bonds. The Balaban J connectivity index is 1.51. The summed E-state index contributed by atoms with van der Waals surface area (Å²) in [6.07, 6.45) is 3.49. The summed E-state index contributed by atoms with van der Waals surface area (Å²) in [4.78, 5) is 36.6. The largest absolute Gasteiger partial charge is 0.454 e. The van der Waals surface area contributed by atoms with Gasteiger partial charge in [-0.3, -0.25) is 0 Å². The van der Waals surface area contributed by atoms with Crippen LogP contribution in [-0.4, -0.2) is 44.0 Å². The Morgan fingerprint density at radius 1 is 0.970 bits per heavy atom. The van der Waals surface area contributed by atoms with Crippen molar-refractivity contribution in [3.8, 4) is 11.3 Å². The lowest BCUT2D eigenvalue weighted by molar-refractivity contribution is 0.0464. The van der Waals surface area contributed by atoms with E-state index in [9.17, 15) is 4.79 Å². The fraction of sp³-hybridized carbons (Fsp3) is 0.273. The molecular weight excluding hydrogens is 440 g/mol. The van der Waals surface area contributed by atoms with Crippen molar-refractivity contribution in [2.75, 3.05) is 29.5 Å². The van der Waals surface area contributed by atoms with Crippen LogP contribution in [-0.2, 0) is 11.3 Å². The van der Waals surface area contributed by atoms with Crippen molar-refractivity contribution >= 4 is 44.7 Å². The van der Waals surface area contributed by atoms with Crippen LogP contribution in [0.4, 0.5) is 17.0 Å². The second kappa shape index (κ2) is 8.94. The number of esters is 1. The summed E-state index contributed by atoms with van der Waals surface area (Å²) in [6.45, 7) is 1.72. The number of thiazole rings is 1. The molecule has 33 heavy (non-hydrogen) atoms. The van der Waals surface area contributed by atoms with Crippen molar-refractivity contribution in [2.24, 2.45) is 0 Å². The molecule has 1 aromatic carbocycles. The lowest BCUT2D eigenvalue weighted by Crippen LogP contribution is -2.29. The molecule has 4 aromatic rings. The number of nitrogen functional groups attached to an aromatic ring is 2. The second-order valence-electron chi connectivity index (χ2n) is 7.66. The van der Waals surface area contributed by atoms with E-state index >= 15 is 0 Å². The van der Waals surface area contributed by atoms with Crippen LogP contribution in [0.3, 0.4) is 0 Å². The molecule has 168 valence electrons. The summed E-state index contributed by atoms with van der Waals surface area (Å²) in [7, 11) is 0. The standard InChI is InChI=1S/C22H22N8O2S/c23-20-26-16(27-21(24)29-20)12-32-19(31)14-11-15(13-7-3-1-4-8-13)25-18-17(14)33-22(28-18)30-9-5-2-6-10-30/h1,3-4,7-8,11H,2,5-6,9-10,12H2,(H4,23,24,26,27,29). The van der Waals surface area contributed by atoms with Crippen molar-refractivity contribution in [3.05, 3.63) is 47.8 Å². The van der Waals surface area contributed by atoms with E-state index in [0.717, 1.165) is 36.6 Å². The number of nitrogens with two attached hydrogens (primary N) is 2. The van der Waals surface area contributed by atoms with Crippen LogP contribution in [0.5, 0.6) is 0 Å². The third-order valence-corrected chi connectivity index (χ3v) is 6.45. The molecule has 5 rings (SSSR count). The number of benzene rings is 1. The Morgan fingerprint density at radius 2 is 1.70 bits per heavy atom. The predicted molar refractivity (Wildman–Crippen MR) is 127 cm³/mol. The maximum atomic E-state index is 13.2. The van der Waals surface area contributed by atoms with E-state index < -0.39 is 5.97 Å². The zero-order valence-electron chi connectivity index (χ0n) is 17.8. The van der Waals surface area contributed by atoms with E-state index in [0.29, 0.717) is 21.6 Å². The van der Waals surface area contributed by atoms with Gasteiger partial charge in [-0.1, -0.05) is 41.7 Å². The fourth-order valence-electron chi connectivity index (χ4n) is 3.76. The van der Waals surface area contributed by atoms with E-state index in [-0.39, 0.29) is 24.3 Å². The molecule has 1 aliphatic heterocycles. The molecule has 0 atom stereocenters. The zero-order chi connectivity index (χ0) is 22.8. The van der Waals surface area contributed by atoms with Crippen LogP contribution in [0, 0.1) is 0 Å². The topological polar surface area (TPSA) is 146 Å². The van der Waals surface area contributed by atoms with E-state index in [2.05, 4.69) is 19.9 Å². The minimum absolute atomic E-state index is 0.0279. The molecule has 0 spiro atoms. The highest BCUT2D eigenvalue weighted by atomic mass is 32.1. The molecule has 11 heteroatoms. The predicted octanol–water partition coefficient (Wildman–Crippen LogP) is 3.06. The molecule has 0 radical (unpaired) electrons. The van der Waals surface area contributed by atoms with Gasteiger partial charge in [-0.05, 0) is 25.3 Å². The maximum Gasteiger partial charge on any atom is 0.340 e. The van der Waals surface area contributed by atoms with Gasteiger partial charge in [0.15, 0.2) is 23.2 Å². The Labute approximate surface area is 193 Å². The van der Waals surface area contributed by atoms with Gasteiger partial charge in [0.1, 0.15) is 0 Å². The number of nitrogens with zero attached hydrogens (tertiary/aromatic N) is 6. The molecule has 1 aliphatic rings. The van der Waals surface area contributed by atoms with Gasteiger partial charge in [0.2, 0.25) is 11.9 Å². The number of anilines is 3. The van der Waals surface area contributed by atoms with Gasteiger partial charge in [0.25, 0.3) is 0 Å². The van der Waals surface area contributed by atoms with Gasteiger partial charge in [0, 0.05) is 18.7 Å². The van der Waals surface area contributed by atoms with Gasteiger partial charge < -0.3 is 21.1 Å². The molecule has 1 fully saturated rings. The Bertz CT molecular complexity index is 1280. The number of ether oxygens (including phenoxy) is 1. The first-order valence-electron chi connectivity index (χ1n) is 10.6. The van der Waals surface area contributed by atoms with Gasteiger partial charge in [-0.15, -0.1) is 0 Å². The zero-order valence-corrected chi connectivity index (χ0v) is 18.6. The van der Waals surface area contributed by atoms with E-state index in [1.807, 2.05) is 30.3 Å². The number of piperidine rings is 1. The third kappa shape index (κ3) is 4.53. The minimum atomic E-state index is -0.522. The molecule has 4 N–H and O–H groups in total. The SMILES string of the molecule is Nc1nc(N)nc(COC(=O)c2cc(-c3ccccc3)nc3nc(N4CCCCC4)sc23)n1. The van der Waals surface area contributed by atoms with E-state index in [4.69, 9.17) is 26.2 Å². The number of hydrogen-bond donors (Lipinski definition) is 2. The number of carbonyl (C=O) groups excluding carboxylic acids is 1. The van der Waals surface area contributed by atoms with Gasteiger partial charge in [-0.2, -0.15) is 19.9 Å². The van der Waals surface area contributed by atoms with Gasteiger partial charge >= 0.3 is 5.97 Å². The van der Waals surface area contributed by atoms with Crippen LogP contribution in [0.15, 0.2) is 36.4 Å². The molecule has 10 nitrogen and oxygen atoms in total. The van der Waals surface area contributed by atoms with E-state index in [1.54, 1.807) is 6.07 Å². The summed E-state index contributed by atoms with van der Waals surface area (Å²) < 4.78 is 6.20. The first-order chi connectivity index (χ1) is 16.1. The molecule has 0 bridgehead atoms. The average Bonchev–Trinajstić information content (AvgIpc) is 3.27. The van der Waals surface area contributed by atoms with Crippen molar-refractivity contribution < 1.29 is 9.53 Å². The summed E-state index contributed by atoms with van der Waals surface area (Å²) in [5.74, 6) is -0.397. The minimum Gasteiger partial charge on any atom is -0.454 e.